The number of aromatic nitrogens is 5. The van der Waals surface area contributed by atoms with Crippen molar-refractivity contribution in [2.75, 3.05) is 13.7 Å². The van der Waals surface area contributed by atoms with Crippen molar-refractivity contribution in [2.24, 2.45) is 5.73 Å². The number of nitrogens with zero attached hydrogens (tertiary/aromatic N) is 5. The average molecular weight is 396 g/mol. The van der Waals surface area contributed by atoms with E-state index < -0.39 is 5.91 Å². The molecule has 0 unspecified atom stereocenters. The van der Waals surface area contributed by atoms with E-state index in [1.807, 2.05) is 26.8 Å². The summed E-state index contributed by atoms with van der Waals surface area (Å²) in [6.45, 7) is 6.48. The Morgan fingerprint density at radius 1 is 1.21 bits per heavy atom. The van der Waals surface area contributed by atoms with Crippen molar-refractivity contribution in [1.29, 1.82) is 0 Å². The number of Topliss-reactive ketones (excluding diaryl/α,β-unsaturated/α-hetero) is 1. The summed E-state index contributed by atoms with van der Waals surface area (Å²) in [6.07, 6.45) is 0. The number of aryl methyl sites for hydroxylation is 1. The van der Waals surface area contributed by atoms with Crippen LogP contribution >= 0.6 is 0 Å². The highest BCUT2D eigenvalue weighted by Crippen LogP contribution is 2.21. The molecule has 3 rings (SSSR count). The molecule has 2 N–H and O–H groups in total. The molecule has 0 aliphatic rings. The van der Waals surface area contributed by atoms with E-state index in [0.29, 0.717) is 29.1 Å². The van der Waals surface area contributed by atoms with Crippen molar-refractivity contribution in [2.45, 2.75) is 33.4 Å². The molecule has 1 atom stereocenters. The fraction of sp³-hybridized carbons (Fsp3) is 0.350. The molecular formula is C20H24N6O3. The van der Waals surface area contributed by atoms with Crippen LogP contribution in [0.4, 0.5) is 0 Å². The van der Waals surface area contributed by atoms with Crippen LogP contribution in [0.3, 0.4) is 0 Å². The van der Waals surface area contributed by atoms with E-state index in [2.05, 4.69) is 20.0 Å². The molecule has 0 radical (unpaired) electrons. The fourth-order valence-corrected chi connectivity index (χ4v) is 3.48. The molecule has 0 aliphatic heterocycles. The van der Waals surface area contributed by atoms with Crippen LogP contribution in [0.1, 0.15) is 45.1 Å². The van der Waals surface area contributed by atoms with E-state index in [1.54, 1.807) is 31.4 Å². The van der Waals surface area contributed by atoms with Gasteiger partial charge in [-0.2, -0.15) is 4.80 Å². The molecule has 9 nitrogen and oxygen atoms in total. The first-order valence-corrected chi connectivity index (χ1v) is 9.20. The lowest BCUT2D eigenvalue weighted by Gasteiger charge is -2.17. The second-order valence-corrected chi connectivity index (χ2v) is 6.97. The minimum Gasteiger partial charge on any atom is -0.383 e. The Morgan fingerprint density at radius 2 is 1.90 bits per heavy atom. The molecule has 0 spiro atoms. The van der Waals surface area contributed by atoms with Gasteiger partial charge in [-0.15, -0.1) is 10.2 Å². The van der Waals surface area contributed by atoms with Gasteiger partial charge in [0.15, 0.2) is 5.78 Å². The van der Waals surface area contributed by atoms with Crippen LogP contribution in [0.15, 0.2) is 30.3 Å². The third kappa shape index (κ3) is 4.24. The molecule has 1 aromatic carbocycles. The van der Waals surface area contributed by atoms with Gasteiger partial charge in [-0.1, -0.05) is 12.1 Å². The third-order valence-electron chi connectivity index (χ3n) is 4.80. The number of primary amides is 1. The van der Waals surface area contributed by atoms with E-state index >= 15 is 0 Å². The molecule has 1 amide bonds. The second-order valence-electron chi connectivity index (χ2n) is 6.97. The first kappa shape index (κ1) is 20.4. The molecule has 0 fully saturated rings. The van der Waals surface area contributed by atoms with Crippen LogP contribution in [0.2, 0.25) is 0 Å². The maximum Gasteiger partial charge on any atom is 0.248 e. The van der Waals surface area contributed by atoms with Gasteiger partial charge in [-0.3, -0.25) is 9.59 Å². The van der Waals surface area contributed by atoms with Gasteiger partial charge in [-0.25, -0.2) is 0 Å². The summed E-state index contributed by atoms with van der Waals surface area (Å²) in [6, 6.07) is 8.58. The quantitative estimate of drug-likeness (QED) is 0.582. The largest absolute Gasteiger partial charge is 0.383 e. The molecule has 152 valence electrons. The average Bonchev–Trinajstić information content (AvgIpc) is 3.26. The summed E-state index contributed by atoms with van der Waals surface area (Å²) < 4.78 is 7.33. The summed E-state index contributed by atoms with van der Waals surface area (Å²) in [5.74, 6) is -0.230. The zero-order valence-electron chi connectivity index (χ0n) is 16.9. The normalized spacial score (nSPS) is 12.1. The van der Waals surface area contributed by atoms with Gasteiger partial charge in [0, 0.05) is 35.2 Å². The Bertz CT molecular complexity index is 1040. The van der Waals surface area contributed by atoms with Crippen molar-refractivity contribution < 1.29 is 14.3 Å². The molecule has 0 aliphatic carbocycles. The number of benzene rings is 1. The van der Waals surface area contributed by atoms with Gasteiger partial charge in [0.1, 0.15) is 6.54 Å². The van der Waals surface area contributed by atoms with Gasteiger partial charge in [0.25, 0.3) is 0 Å². The lowest BCUT2D eigenvalue weighted by Crippen LogP contribution is -2.16. The molecule has 9 heteroatoms. The summed E-state index contributed by atoms with van der Waals surface area (Å²) in [5.41, 5.74) is 8.84. The number of ketones is 1. The number of rotatable bonds is 8. The molecule has 0 saturated carbocycles. The monoisotopic (exact) mass is 396 g/mol. The minimum atomic E-state index is -0.504. The minimum absolute atomic E-state index is 0.0185. The summed E-state index contributed by atoms with van der Waals surface area (Å²) >= 11 is 0. The van der Waals surface area contributed by atoms with Crippen molar-refractivity contribution in [3.05, 3.63) is 52.8 Å². The predicted molar refractivity (Wildman–Crippen MR) is 107 cm³/mol. The number of nitrogens with two attached hydrogens (primary N) is 1. The Balaban J connectivity index is 1.77. The second kappa shape index (κ2) is 8.36. The molecule has 0 saturated heterocycles. The van der Waals surface area contributed by atoms with Crippen LogP contribution in [-0.4, -0.2) is 50.2 Å². The van der Waals surface area contributed by atoms with Crippen molar-refractivity contribution in [3.8, 4) is 11.4 Å². The van der Waals surface area contributed by atoms with E-state index in [1.165, 1.54) is 4.80 Å². The Hall–Kier alpha value is -3.33. The first-order valence-electron chi connectivity index (χ1n) is 9.20. The van der Waals surface area contributed by atoms with E-state index in [0.717, 1.165) is 11.4 Å². The molecule has 2 aromatic heterocycles. The molecule has 0 bridgehead atoms. The number of methoxy groups -OCH3 is 1. The number of hydrogen-bond donors (Lipinski definition) is 1. The zero-order chi connectivity index (χ0) is 21.1. The van der Waals surface area contributed by atoms with Crippen molar-refractivity contribution in [1.82, 2.24) is 24.8 Å². The summed E-state index contributed by atoms with van der Waals surface area (Å²) in [4.78, 5) is 25.3. The number of carbonyl (C=O) groups is 2. The highest BCUT2D eigenvalue weighted by atomic mass is 16.5. The van der Waals surface area contributed by atoms with Crippen LogP contribution in [-0.2, 0) is 11.3 Å². The standard InChI is InChI=1S/C20H24N6O3/c1-12-9-17(14(3)26(12)13(2)11-29-4)18(27)10-25-23-20(22-24-25)16-7-5-15(6-8-16)19(21)28/h5-9,13H,10-11H2,1-4H3,(H2,21,28)/t13-/m0/s1. The molecule has 2 heterocycles. The van der Waals surface area contributed by atoms with Gasteiger partial charge >= 0.3 is 0 Å². The lowest BCUT2D eigenvalue weighted by molar-refractivity contribution is 0.0958. The highest BCUT2D eigenvalue weighted by molar-refractivity contribution is 5.97. The van der Waals surface area contributed by atoms with Crippen LogP contribution in [0.5, 0.6) is 0 Å². The van der Waals surface area contributed by atoms with E-state index in [4.69, 9.17) is 10.5 Å². The maximum atomic E-state index is 12.8. The van der Waals surface area contributed by atoms with Crippen molar-refractivity contribution in [3.63, 3.8) is 0 Å². The topological polar surface area (TPSA) is 118 Å². The third-order valence-corrected chi connectivity index (χ3v) is 4.80. The van der Waals surface area contributed by atoms with Crippen LogP contribution < -0.4 is 5.73 Å². The fourth-order valence-electron chi connectivity index (χ4n) is 3.48. The van der Waals surface area contributed by atoms with Crippen LogP contribution in [0.25, 0.3) is 11.4 Å². The summed E-state index contributed by atoms with van der Waals surface area (Å²) in [7, 11) is 1.66. The highest BCUT2D eigenvalue weighted by Gasteiger charge is 2.20. The lowest BCUT2D eigenvalue weighted by atomic mass is 10.1. The smallest absolute Gasteiger partial charge is 0.248 e. The first-order chi connectivity index (χ1) is 13.8. The SMILES string of the molecule is COC[C@H](C)n1c(C)cc(C(=O)Cn2nnc(-c3ccc(C(N)=O)cc3)n2)c1C. The van der Waals surface area contributed by atoms with Crippen LogP contribution in [0, 0.1) is 13.8 Å². The van der Waals surface area contributed by atoms with E-state index in [-0.39, 0.29) is 18.4 Å². The number of hydrogen-bond acceptors (Lipinski definition) is 6. The van der Waals surface area contributed by atoms with Gasteiger partial charge in [0.05, 0.1) is 12.6 Å². The van der Waals surface area contributed by atoms with E-state index in [9.17, 15) is 9.59 Å². The number of amides is 1. The Kier molecular flexibility index (Phi) is 5.88. The number of tetrazole rings is 1. The zero-order valence-corrected chi connectivity index (χ0v) is 16.9. The van der Waals surface area contributed by atoms with Gasteiger partial charge < -0.3 is 15.0 Å². The number of carbonyl (C=O) groups excluding carboxylic acids is 2. The molecule has 29 heavy (non-hydrogen) atoms. The van der Waals surface area contributed by atoms with Crippen molar-refractivity contribution >= 4 is 11.7 Å². The van der Waals surface area contributed by atoms with Gasteiger partial charge in [0.2, 0.25) is 11.7 Å². The molecular weight excluding hydrogens is 372 g/mol. The predicted octanol–water partition coefficient (Wildman–Crippen LogP) is 1.95. The number of ether oxygens (including phenoxy) is 1. The Morgan fingerprint density at radius 3 is 2.52 bits per heavy atom. The Labute approximate surface area is 168 Å². The summed E-state index contributed by atoms with van der Waals surface area (Å²) in [5, 5.41) is 12.2. The molecule has 3 aromatic rings. The van der Waals surface area contributed by atoms with Gasteiger partial charge in [-0.05, 0) is 44.2 Å². The maximum absolute atomic E-state index is 12.8.